The van der Waals surface area contributed by atoms with Gasteiger partial charge in [-0.25, -0.2) is 0 Å². The third-order valence-electron chi connectivity index (χ3n) is 7.48. The SMILES string of the molecule is CCCCCCCCCC(CCCCCCCC(=O)OCC(CC)CCCC)c1ccc(O)cc1. The highest BCUT2D eigenvalue weighted by atomic mass is 16.5. The summed E-state index contributed by atoms with van der Waals surface area (Å²) < 4.78 is 5.53. The number of esters is 1. The first-order valence-electron chi connectivity index (χ1n) is 15.0. The highest BCUT2D eigenvalue weighted by Crippen LogP contribution is 2.30. The van der Waals surface area contributed by atoms with Gasteiger partial charge in [-0.1, -0.05) is 123 Å². The number of unbranched alkanes of at least 4 members (excludes halogenated alkanes) is 11. The molecule has 1 N–H and O–H groups in total. The number of carbonyl (C=O) groups excluding carboxylic acids is 1. The topological polar surface area (TPSA) is 46.5 Å². The van der Waals surface area contributed by atoms with Gasteiger partial charge in [-0.05, 0) is 55.2 Å². The molecule has 1 aromatic carbocycles. The monoisotopic (exact) mass is 488 g/mol. The Morgan fingerprint density at radius 2 is 1.26 bits per heavy atom. The minimum atomic E-state index is -0.0120. The van der Waals surface area contributed by atoms with Gasteiger partial charge in [0.05, 0.1) is 6.61 Å². The van der Waals surface area contributed by atoms with Gasteiger partial charge in [0.25, 0.3) is 0 Å². The minimum Gasteiger partial charge on any atom is -0.508 e. The van der Waals surface area contributed by atoms with E-state index in [0.29, 0.717) is 30.6 Å². The molecule has 0 radical (unpaired) electrons. The normalized spacial score (nSPS) is 13.0. The van der Waals surface area contributed by atoms with E-state index in [2.05, 4.69) is 32.9 Å². The number of ether oxygens (including phenoxy) is 1. The summed E-state index contributed by atoms with van der Waals surface area (Å²) in [6.45, 7) is 7.28. The summed E-state index contributed by atoms with van der Waals surface area (Å²) in [5.41, 5.74) is 1.38. The van der Waals surface area contributed by atoms with Crippen molar-refractivity contribution in [2.45, 2.75) is 149 Å². The van der Waals surface area contributed by atoms with E-state index in [1.807, 2.05) is 12.1 Å². The van der Waals surface area contributed by atoms with E-state index in [1.54, 1.807) is 0 Å². The number of hydrogen-bond donors (Lipinski definition) is 1. The number of aromatic hydroxyl groups is 1. The van der Waals surface area contributed by atoms with E-state index < -0.39 is 0 Å². The van der Waals surface area contributed by atoms with Crippen molar-refractivity contribution in [2.75, 3.05) is 6.61 Å². The van der Waals surface area contributed by atoms with Crippen molar-refractivity contribution in [2.24, 2.45) is 5.92 Å². The zero-order chi connectivity index (χ0) is 25.6. The average molecular weight is 489 g/mol. The van der Waals surface area contributed by atoms with Gasteiger partial charge in [0, 0.05) is 6.42 Å². The molecule has 0 aliphatic rings. The number of phenolic OH excluding ortho intramolecular Hbond substituents is 1. The summed E-state index contributed by atoms with van der Waals surface area (Å²) in [6.07, 6.45) is 22.9. The van der Waals surface area contributed by atoms with Crippen LogP contribution in [0.2, 0.25) is 0 Å². The van der Waals surface area contributed by atoms with Crippen molar-refractivity contribution in [3.63, 3.8) is 0 Å². The number of rotatable bonds is 23. The first kappa shape index (κ1) is 31.5. The van der Waals surface area contributed by atoms with Crippen LogP contribution in [0.25, 0.3) is 0 Å². The second kappa shape index (κ2) is 21.7. The lowest BCUT2D eigenvalue weighted by atomic mass is 9.88. The maximum Gasteiger partial charge on any atom is 0.305 e. The fourth-order valence-corrected chi connectivity index (χ4v) is 4.94. The Labute approximate surface area is 217 Å². The first-order chi connectivity index (χ1) is 17.1. The van der Waals surface area contributed by atoms with Gasteiger partial charge >= 0.3 is 5.97 Å². The van der Waals surface area contributed by atoms with Gasteiger partial charge in [0.15, 0.2) is 0 Å². The maximum atomic E-state index is 12.1. The van der Waals surface area contributed by atoms with Crippen LogP contribution in [0, 0.1) is 5.92 Å². The first-order valence-corrected chi connectivity index (χ1v) is 15.0. The molecule has 35 heavy (non-hydrogen) atoms. The summed E-state index contributed by atoms with van der Waals surface area (Å²) in [5.74, 6) is 1.47. The van der Waals surface area contributed by atoms with E-state index in [-0.39, 0.29) is 5.97 Å². The molecule has 3 heteroatoms. The van der Waals surface area contributed by atoms with Gasteiger partial charge < -0.3 is 9.84 Å². The summed E-state index contributed by atoms with van der Waals surface area (Å²) in [4.78, 5) is 12.1. The van der Waals surface area contributed by atoms with Gasteiger partial charge in [-0.15, -0.1) is 0 Å². The molecule has 3 nitrogen and oxygen atoms in total. The van der Waals surface area contributed by atoms with Crippen molar-refractivity contribution in [3.8, 4) is 5.75 Å². The van der Waals surface area contributed by atoms with Crippen LogP contribution in [0.3, 0.4) is 0 Å². The third kappa shape index (κ3) is 16.7. The number of hydrogen-bond acceptors (Lipinski definition) is 3. The van der Waals surface area contributed by atoms with Crippen LogP contribution >= 0.6 is 0 Å². The fourth-order valence-electron chi connectivity index (χ4n) is 4.94. The highest BCUT2D eigenvalue weighted by molar-refractivity contribution is 5.69. The van der Waals surface area contributed by atoms with Crippen LogP contribution in [0.15, 0.2) is 24.3 Å². The number of benzene rings is 1. The molecule has 0 aromatic heterocycles. The Morgan fingerprint density at radius 3 is 1.83 bits per heavy atom. The molecule has 0 amide bonds. The number of phenols is 1. The molecule has 0 fully saturated rings. The van der Waals surface area contributed by atoms with Crippen molar-refractivity contribution in [1.29, 1.82) is 0 Å². The van der Waals surface area contributed by atoms with Crippen molar-refractivity contribution in [3.05, 3.63) is 29.8 Å². The van der Waals surface area contributed by atoms with Crippen LogP contribution < -0.4 is 0 Å². The van der Waals surface area contributed by atoms with Gasteiger partial charge in [-0.3, -0.25) is 4.79 Å². The summed E-state index contributed by atoms with van der Waals surface area (Å²) >= 11 is 0. The Bertz CT molecular complexity index is 610. The van der Waals surface area contributed by atoms with Gasteiger partial charge in [-0.2, -0.15) is 0 Å². The molecule has 0 bridgehead atoms. The fraction of sp³-hybridized carbons (Fsp3) is 0.781. The lowest BCUT2D eigenvalue weighted by Crippen LogP contribution is -2.13. The zero-order valence-corrected chi connectivity index (χ0v) is 23.4. The molecule has 0 spiro atoms. The van der Waals surface area contributed by atoms with Crippen molar-refractivity contribution in [1.82, 2.24) is 0 Å². The lowest BCUT2D eigenvalue weighted by molar-refractivity contribution is -0.145. The second-order valence-electron chi connectivity index (χ2n) is 10.6. The largest absolute Gasteiger partial charge is 0.508 e. The molecule has 0 saturated heterocycles. The standard InChI is InChI=1S/C32H56O3/c1-4-7-9-10-11-13-16-20-29(30-23-25-31(33)26-24-30)21-17-14-12-15-18-22-32(34)35-27-28(6-3)19-8-5-2/h23-26,28-29,33H,4-22,27H2,1-3H3. The molecule has 2 atom stereocenters. The summed E-state index contributed by atoms with van der Waals surface area (Å²) in [6, 6.07) is 7.88. The predicted octanol–water partition coefficient (Wildman–Crippen LogP) is 10.1. The molecular formula is C32H56O3. The predicted molar refractivity (Wildman–Crippen MR) is 150 cm³/mol. The van der Waals surface area contributed by atoms with Crippen LogP contribution in [-0.2, 0) is 9.53 Å². The zero-order valence-electron chi connectivity index (χ0n) is 23.4. The Kier molecular flexibility index (Phi) is 19.6. The van der Waals surface area contributed by atoms with E-state index in [9.17, 15) is 9.90 Å². The Balaban J connectivity index is 2.21. The highest BCUT2D eigenvalue weighted by Gasteiger charge is 2.12. The van der Waals surface area contributed by atoms with Gasteiger partial charge in [0.1, 0.15) is 5.75 Å². The smallest absolute Gasteiger partial charge is 0.305 e. The minimum absolute atomic E-state index is 0.0120. The molecule has 1 rings (SSSR count). The van der Waals surface area contributed by atoms with Crippen LogP contribution in [0.5, 0.6) is 5.75 Å². The third-order valence-corrected chi connectivity index (χ3v) is 7.48. The van der Waals surface area contributed by atoms with E-state index >= 15 is 0 Å². The Morgan fingerprint density at radius 1 is 0.714 bits per heavy atom. The van der Waals surface area contributed by atoms with E-state index in [4.69, 9.17) is 4.74 Å². The number of carbonyl (C=O) groups is 1. The molecule has 1 aromatic rings. The summed E-state index contributed by atoms with van der Waals surface area (Å²) in [5, 5.41) is 9.67. The molecule has 0 aliphatic carbocycles. The quantitative estimate of drug-likeness (QED) is 0.123. The summed E-state index contributed by atoms with van der Waals surface area (Å²) in [7, 11) is 0. The lowest BCUT2D eigenvalue weighted by Gasteiger charge is -2.18. The maximum absolute atomic E-state index is 12.1. The Hall–Kier alpha value is -1.51. The molecule has 0 aliphatic heterocycles. The molecular weight excluding hydrogens is 432 g/mol. The average Bonchev–Trinajstić information content (AvgIpc) is 2.87. The van der Waals surface area contributed by atoms with Crippen molar-refractivity contribution < 1.29 is 14.6 Å². The van der Waals surface area contributed by atoms with Crippen LogP contribution in [-0.4, -0.2) is 17.7 Å². The van der Waals surface area contributed by atoms with Gasteiger partial charge in [0.2, 0.25) is 0 Å². The molecule has 202 valence electrons. The van der Waals surface area contributed by atoms with Crippen LogP contribution in [0.1, 0.15) is 154 Å². The molecule has 2 unspecified atom stereocenters. The van der Waals surface area contributed by atoms with E-state index in [1.165, 1.54) is 102 Å². The second-order valence-corrected chi connectivity index (χ2v) is 10.6. The molecule has 0 heterocycles. The molecule has 0 saturated carbocycles. The van der Waals surface area contributed by atoms with Crippen LogP contribution in [0.4, 0.5) is 0 Å². The van der Waals surface area contributed by atoms with Crippen molar-refractivity contribution >= 4 is 5.97 Å². The van der Waals surface area contributed by atoms with E-state index in [0.717, 1.165) is 19.3 Å².